The monoisotopic (exact) mass is 413 g/mol. The van der Waals surface area contributed by atoms with Crippen molar-refractivity contribution in [1.82, 2.24) is 0 Å². The molecule has 3 aromatic rings. The molecule has 3 rings (SSSR count). The van der Waals surface area contributed by atoms with Crippen LogP contribution < -0.4 is 4.74 Å². The number of carboxylic acid groups (broad SMARTS) is 1. The molecule has 0 radical (unpaired) electrons. The number of rotatable bonds is 6. The van der Waals surface area contributed by atoms with Crippen molar-refractivity contribution in [1.29, 1.82) is 0 Å². The van der Waals surface area contributed by atoms with Gasteiger partial charge in [-0.15, -0.1) is 0 Å². The van der Waals surface area contributed by atoms with E-state index in [2.05, 4.69) is 4.99 Å². The van der Waals surface area contributed by atoms with Gasteiger partial charge in [-0.2, -0.15) is 0 Å². The van der Waals surface area contributed by atoms with E-state index >= 15 is 0 Å². The van der Waals surface area contributed by atoms with Crippen LogP contribution in [0.2, 0.25) is 10.0 Å². The molecule has 0 aromatic heterocycles. The molecule has 142 valence electrons. The zero-order valence-corrected chi connectivity index (χ0v) is 16.5. The van der Waals surface area contributed by atoms with Crippen LogP contribution in [0.15, 0.2) is 65.7 Å². The summed E-state index contributed by atoms with van der Waals surface area (Å²) in [6, 6.07) is 17.7. The van der Waals surface area contributed by atoms with E-state index in [0.29, 0.717) is 15.8 Å². The second-order valence-corrected chi connectivity index (χ2v) is 6.96. The molecule has 4 nitrogen and oxygen atoms in total. The summed E-state index contributed by atoms with van der Waals surface area (Å²) in [6.07, 6.45) is 1.70. The van der Waals surface area contributed by atoms with Crippen molar-refractivity contribution >= 4 is 41.1 Å². The smallest absolute Gasteiger partial charge is 0.335 e. The van der Waals surface area contributed by atoms with Crippen molar-refractivity contribution in [2.45, 2.75) is 13.5 Å². The van der Waals surface area contributed by atoms with Crippen LogP contribution >= 0.6 is 23.2 Å². The van der Waals surface area contributed by atoms with Crippen LogP contribution in [0.1, 0.15) is 27.0 Å². The van der Waals surface area contributed by atoms with Gasteiger partial charge in [-0.25, -0.2) is 4.79 Å². The van der Waals surface area contributed by atoms with Crippen molar-refractivity contribution < 1.29 is 14.6 Å². The molecule has 0 fully saturated rings. The number of ether oxygens (including phenoxy) is 1. The predicted octanol–water partition coefficient (Wildman–Crippen LogP) is 6.33. The molecule has 0 aliphatic heterocycles. The number of aliphatic imine (C=N–C) groups is 1. The predicted molar refractivity (Wildman–Crippen MR) is 113 cm³/mol. The van der Waals surface area contributed by atoms with Gasteiger partial charge < -0.3 is 9.84 Å². The lowest BCUT2D eigenvalue weighted by Gasteiger charge is -2.11. The molecule has 0 aliphatic rings. The first kappa shape index (κ1) is 19.9. The van der Waals surface area contributed by atoms with Crippen LogP contribution in [0.3, 0.4) is 0 Å². The van der Waals surface area contributed by atoms with E-state index in [1.165, 1.54) is 12.1 Å². The number of aromatic carboxylic acids is 1. The van der Waals surface area contributed by atoms with Crippen molar-refractivity contribution in [2.75, 3.05) is 0 Å². The van der Waals surface area contributed by atoms with Crippen molar-refractivity contribution in [3.05, 3.63) is 93.0 Å². The molecule has 1 N–H and O–H groups in total. The van der Waals surface area contributed by atoms with Gasteiger partial charge in [0.1, 0.15) is 6.61 Å². The Morgan fingerprint density at radius 2 is 1.71 bits per heavy atom. The Kier molecular flexibility index (Phi) is 6.34. The summed E-state index contributed by atoms with van der Waals surface area (Å²) >= 11 is 12.7. The van der Waals surface area contributed by atoms with E-state index in [1.807, 2.05) is 31.2 Å². The number of para-hydroxylation sites is 1. The number of aryl methyl sites for hydroxylation is 1. The summed E-state index contributed by atoms with van der Waals surface area (Å²) in [4.78, 5) is 15.4. The fourth-order valence-corrected chi connectivity index (χ4v) is 3.16. The lowest BCUT2D eigenvalue weighted by Crippen LogP contribution is -2.00. The molecular weight excluding hydrogens is 397 g/mol. The Hall–Kier alpha value is -2.82. The topological polar surface area (TPSA) is 58.9 Å². The maximum Gasteiger partial charge on any atom is 0.335 e. The third-order valence-electron chi connectivity index (χ3n) is 4.07. The minimum atomic E-state index is -0.971. The molecule has 0 atom stereocenters. The molecule has 0 saturated carbocycles. The van der Waals surface area contributed by atoms with Crippen LogP contribution in [0.5, 0.6) is 5.75 Å². The van der Waals surface area contributed by atoms with Gasteiger partial charge in [-0.05, 0) is 53.9 Å². The van der Waals surface area contributed by atoms with Gasteiger partial charge in [-0.1, -0.05) is 53.5 Å². The van der Waals surface area contributed by atoms with Gasteiger partial charge in [0.25, 0.3) is 0 Å². The van der Waals surface area contributed by atoms with Crippen molar-refractivity contribution in [3.63, 3.8) is 0 Å². The highest BCUT2D eigenvalue weighted by Gasteiger charge is 2.10. The zero-order valence-electron chi connectivity index (χ0n) is 15.0. The maximum atomic E-state index is 10.9. The normalized spacial score (nSPS) is 11.0. The third kappa shape index (κ3) is 4.91. The Balaban J connectivity index is 1.73. The maximum absolute atomic E-state index is 10.9. The first-order valence-corrected chi connectivity index (χ1v) is 9.23. The number of hydrogen-bond donors (Lipinski definition) is 1. The average molecular weight is 414 g/mol. The molecule has 3 aromatic carbocycles. The lowest BCUT2D eigenvalue weighted by molar-refractivity contribution is 0.0697. The molecular formula is C22H17Cl2NO3. The highest BCUT2D eigenvalue weighted by Crippen LogP contribution is 2.34. The Morgan fingerprint density at radius 3 is 2.32 bits per heavy atom. The number of nitrogens with zero attached hydrogens (tertiary/aromatic N) is 1. The zero-order chi connectivity index (χ0) is 20.1. The van der Waals surface area contributed by atoms with E-state index in [0.717, 1.165) is 22.4 Å². The Bertz CT molecular complexity index is 1010. The van der Waals surface area contributed by atoms with Gasteiger partial charge in [0.15, 0.2) is 5.75 Å². The first-order valence-electron chi connectivity index (χ1n) is 8.48. The lowest BCUT2D eigenvalue weighted by atomic mass is 10.1. The fraction of sp³-hybridized carbons (Fsp3) is 0.0909. The molecule has 6 heteroatoms. The van der Waals surface area contributed by atoms with Crippen LogP contribution in [0.25, 0.3) is 0 Å². The second-order valence-electron chi connectivity index (χ2n) is 6.15. The number of carbonyl (C=O) groups is 1. The van der Waals surface area contributed by atoms with Gasteiger partial charge >= 0.3 is 5.97 Å². The van der Waals surface area contributed by atoms with E-state index in [-0.39, 0.29) is 12.2 Å². The summed E-state index contributed by atoms with van der Waals surface area (Å²) in [6.45, 7) is 2.21. The van der Waals surface area contributed by atoms with Crippen LogP contribution in [-0.4, -0.2) is 17.3 Å². The van der Waals surface area contributed by atoms with Crippen molar-refractivity contribution in [2.24, 2.45) is 4.99 Å². The van der Waals surface area contributed by atoms with E-state index in [1.54, 1.807) is 30.5 Å². The molecule has 0 saturated heterocycles. The van der Waals surface area contributed by atoms with Crippen LogP contribution in [0.4, 0.5) is 5.69 Å². The van der Waals surface area contributed by atoms with E-state index < -0.39 is 5.97 Å². The fourth-order valence-electron chi connectivity index (χ4n) is 2.54. The average Bonchev–Trinajstić information content (AvgIpc) is 2.67. The molecule has 28 heavy (non-hydrogen) atoms. The number of benzene rings is 3. The quantitative estimate of drug-likeness (QED) is 0.480. The molecule has 0 bridgehead atoms. The largest absolute Gasteiger partial charge is 0.486 e. The van der Waals surface area contributed by atoms with Crippen LogP contribution in [-0.2, 0) is 6.61 Å². The van der Waals surface area contributed by atoms with Gasteiger partial charge in [0.2, 0.25) is 0 Å². The number of hydrogen-bond acceptors (Lipinski definition) is 3. The molecule has 0 unspecified atom stereocenters. The standard InChI is InChI=1S/C22H17Cl2NO3/c1-14-4-2-3-5-20(14)25-12-16-10-18(23)21(19(24)11-16)28-13-15-6-8-17(9-7-15)22(26)27/h2-12H,13H2,1H3,(H,26,27). The van der Waals surface area contributed by atoms with E-state index in [4.69, 9.17) is 33.0 Å². The van der Waals surface area contributed by atoms with Gasteiger partial charge in [0, 0.05) is 6.21 Å². The minimum Gasteiger partial charge on any atom is -0.486 e. The third-order valence-corrected chi connectivity index (χ3v) is 4.63. The number of carboxylic acids is 1. The summed E-state index contributed by atoms with van der Waals surface area (Å²) in [5.74, 6) is -0.597. The number of halogens is 2. The molecule has 0 aliphatic carbocycles. The summed E-state index contributed by atoms with van der Waals surface area (Å²) in [5.41, 5.74) is 3.74. The Labute approximate surface area is 173 Å². The first-order chi connectivity index (χ1) is 13.4. The molecule has 0 heterocycles. The SMILES string of the molecule is Cc1ccccc1N=Cc1cc(Cl)c(OCc2ccc(C(=O)O)cc2)c(Cl)c1. The van der Waals surface area contributed by atoms with Crippen LogP contribution in [0, 0.1) is 6.92 Å². The highest BCUT2D eigenvalue weighted by atomic mass is 35.5. The highest BCUT2D eigenvalue weighted by molar-refractivity contribution is 6.37. The molecule has 0 spiro atoms. The summed E-state index contributed by atoms with van der Waals surface area (Å²) < 4.78 is 5.74. The van der Waals surface area contributed by atoms with E-state index in [9.17, 15) is 4.79 Å². The summed E-state index contributed by atoms with van der Waals surface area (Å²) in [7, 11) is 0. The minimum absolute atomic E-state index is 0.218. The van der Waals surface area contributed by atoms with Gasteiger partial charge in [0.05, 0.1) is 21.3 Å². The summed E-state index contributed by atoms with van der Waals surface area (Å²) in [5, 5.41) is 9.69. The van der Waals surface area contributed by atoms with Gasteiger partial charge in [-0.3, -0.25) is 4.99 Å². The molecule has 0 amide bonds. The second kappa shape index (κ2) is 8.91. The van der Waals surface area contributed by atoms with Crippen molar-refractivity contribution in [3.8, 4) is 5.75 Å². The Morgan fingerprint density at radius 1 is 1.07 bits per heavy atom.